The summed E-state index contributed by atoms with van der Waals surface area (Å²) in [6, 6.07) is 0. The molecule has 0 bridgehead atoms. The quantitative estimate of drug-likeness (QED) is 0.665. The van der Waals surface area contributed by atoms with E-state index in [1.807, 2.05) is 6.92 Å². The van der Waals surface area contributed by atoms with E-state index in [0.29, 0.717) is 0 Å². The van der Waals surface area contributed by atoms with Gasteiger partial charge in [0.2, 0.25) is 5.91 Å². The second-order valence-corrected chi connectivity index (χ2v) is 6.28. The first-order valence-electron chi connectivity index (χ1n) is 7.28. The summed E-state index contributed by atoms with van der Waals surface area (Å²) in [6.07, 6.45) is 5.45. The fraction of sp³-hybridized carbons (Fsp3) is 0.933. The van der Waals surface area contributed by atoms with Crippen molar-refractivity contribution in [1.82, 2.24) is 10.6 Å². The Hall–Kier alpha value is -0.570. The van der Waals surface area contributed by atoms with Crippen LogP contribution in [0.25, 0.3) is 0 Å². The number of hydrogen-bond donors (Lipinski definition) is 2. The predicted molar refractivity (Wildman–Crippen MR) is 78.7 cm³/mol. The molecule has 0 radical (unpaired) electrons. The molecular weight excluding hydrogens is 224 g/mol. The predicted octanol–water partition coefficient (Wildman–Crippen LogP) is 3.10. The Morgan fingerprint density at radius 2 is 1.67 bits per heavy atom. The molecule has 2 N–H and O–H groups in total. The van der Waals surface area contributed by atoms with Crippen LogP contribution in [0.5, 0.6) is 0 Å². The van der Waals surface area contributed by atoms with E-state index in [9.17, 15) is 4.79 Å². The summed E-state index contributed by atoms with van der Waals surface area (Å²) in [5.74, 6) is 0.100. The molecule has 0 aromatic carbocycles. The van der Waals surface area contributed by atoms with Gasteiger partial charge in [0.05, 0.1) is 5.54 Å². The Bertz CT molecular complexity index is 251. The van der Waals surface area contributed by atoms with Gasteiger partial charge in [-0.25, -0.2) is 0 Å². The average Bonchev–Trinajstić information content (AvgIpc) is 2.33. The van der Waals surface area contributed by atoms with E-state index in [4.69, 9.17) is 0 Å². The fourth-order valence-corrected chi connectivity index (χ4v) is 2.29. The third kappa shape index (κ3) is 5.85. The summed E-state index contributed by atoms with van der Waals surface area (Å²) in [6.45, 7) is 11.8. The normalized spacial score (nSPS) is 15.2. The minimum Gasteiger partial charge on any atom is -0.358 e. The largest absolute Gasteiger partial charge is 0.358 e. The number of unbranched alkanes of at least 4 members (excludes halogenated alkanes) is 1. The van der Waals surface area contributed by atoms with Gasteiger partial charge >= 0.3 is 0 Å². The molecule has 0 heterocycles. The molecule has 0 saturated heterocycles. The summed E-state index contributed by atoms with van der Waals surface area (Å²) in [7, 11) is 1.71. The highest BCUT2D eigenvalue weighted by molar-refractivity contribution is 5.85. The zero-order valence-corrected chi connectivity index (χ0v) is 13.2. The van der Waals surface area contributed by atoms with Crippen molar-refractivity contribution in [2.24, 2.45) is 5.41 Å². The highest BCUT2D eigenvalue weighted by Crippen LogP contribution is 2.23. The minimum absolute atomic E-state index is 0.100. The molecule has 0 fully saturated rings. The van der Waals surface area contributed by atoms with E-state index in [1.54, 1.807) is 7.05 Å². The number of carbonyl (C=O) groups is 1. The first-order chi connectivity index (χ1) is 8.31. The van der Waals surface area contributed by atoms with E-state index < -0.39 is 5.54 Å². The molecule has 0 aromatic heterocycles. The summed E-state index contributed by atoms with van der Waals surface area (Å²) < 4.78 is 0. The maximum atomic E-state index is 12.0. The van der Waals surface area contributed by atoms with Crippen molar-refractivity contribution in [3.05, 3.63) is 0 Å². The van der Waals surface area contributed by atoms with Crippen LogP contribution in [0.4, 0.5) is 0 Å². The first kappa shape index (κ1) is 17.4. The molecule has 1 unspecified atom stereocenters. The lowest BCUT2D eigenvalue weighted by atomic mass is 9.85. The highest BCUT2D eigenvalue weighted by Gasteiger charge is 2.32. The van der Waals surface area contributed by atoms with Crippen molar-refractivity contribution in [3.8, 4) is 0 Å². The van der Waals surface area contributed by atoms with Gasteiger partial charge in [-0.3, -0.25) is 4.79 Å². The van der Waals surface area contributed by atoms with Gasteiger partial charge in [-0.05, 0) is 25.2 Å². The van der Waals surface area contributed by atoms with Crippen LogP contribution in [0.2, 0.25) is 0 Å². The molecule has 1 atom stereocenters. The van der Waals surface area contributed by atoms with Gasteiger partial charge in [0.15, 0.2) is 0 Å². The standard InChI is InChI=1S/C15H32N2O/c1-7-9-11-15(5,13(18)16-6)17-12-14(3,4)10-8-2/h17H,7-12H2,1-6H3,(H,16,18). The molecule has 0 aliphatic rings. The van der Waals surface area contributed by atoms with Crippen LogP contribution < -0.4 is 10.6 Å². The Morgan fingerprint density at radius 1 is 1.06 bits per heavy atom. The van der Waals surface area contributed by atoms with Crippen LogP contribution in [-0.4, -0.2) is 25.0 Å². The SMILES string of the molecule is CCCCC(C)(NCC(C)(C)CCC)C(=O)NC. The monoisotopic (exact) mass is 256 g/mol. The molecule has 3 heteroatoms. The van der Waals surface area contributed by atoms with Gasteiger partial charge in [0.25, 0.3) is 0 Å². The molecule has 0 aliphatic carbocycles. The van der Waals surface area contributed by atoms with Crippen LogP contribution in [0, 0.1) is 5.41 Å². The second-order valence-electron chi connectivity index (χ2n) is 6.28. The van der Waals surface area contributed by atoms with Gasteiger partial charge in [-0.2, -0.15) is 0 Å². The van der Waals surface area contributed by atoms with Crippen molar-refractivity contribution in [3.63, 3.8) is 0 Å². The Kier molecular flexibility index (Phi) is 7.53. The van der Waals surface area contributed by atoms with Gasteiger partial charge in [-0.15, -0.1) is 0 Å². The van der Waals surface area contributed by atoms with Crippen LogP contribution in [-0.2, 0) is 4.79 Å². The molecule has 18 heavy (non-hydrogen) atoms. The lowest BCUT2D eigenvalue weighted by molar-refractivity contribution is -0.127. The smallest absolute Gasteiger partial charge is 0.239 e. The molecule has 3 nitrogen and oxygen atoms in total. The second kappa shape index (κ2) is 7.78. The Labute approximate surface area is 113 Å². The summed E-state index contributed by atoms with van der Waals surface area (Å²) >= 11 is 0. The zero-order valence-electron chi connectivity index (χ0n) is 13.2. The third-order valence-electron chi connectivity index (χ3n) is 3.64. The zero-order chi connectivity index (χ0) is 14.2. The number of likely N-dealkylation sites (N-methyl/N-ethyl adjacent to an activating group) is 1. The highest BCUT2D eigenvalue weighted by atomic mass is 16.2. The van der Waals surface area contributed by atoms with Crippen molar-refractivity contribution >= 4 is 5.91 Å². The number of rotatable bonds is 9. The number of nitrogens with one attached hydrogen (secondary N) is 2. The molecular formula is C15H32N2O. The summed E-state index contributed by atoms with van der Waals surface area (Å²) in [5, 5.41) is 6.28. The van der Waals surface area contributed by atoms with Crippen molar-refractivity contribution in [1.29, 1.82) is 0 Å². The van der Waals surface area contributed by atoms with E-state index in [0.717, 1.165) is 25.8 Å². The van der Waals surface area contributed by atoms with E-state index in [1.165, 1.54) is 12.8 Å². The van der Waals surface area contributed by atoms with E-state index in [2.05, 4.69) is 38.3 Å². The molecule has 1 amide bonds. The Balaban J connectivity index is 4.55. The number of carbonyl (C=O) groups excluding carboxylic acids is 1. The van der Waals surface area contributed by atoms with Crippen LogP contribution >= 0.6 is 0 Å². The molecule has 0 spiro atoms. The molecule has 0 aromatic rings. The topological polar surface area (TPSA) is 41.1 Å². The molecule has 0 rings (SSSR count). The van der Waals surface area contributed by atoms with Gasteiger partial charge < -0.3 is 10.6 Å². The van der Waals surface area contributed by atoms with Crippen LogP contribution in [0.15, 0.2) is 0 Å². The van der Waals surface area contributed by atoms with Crippen molar-refractivity contribution in [2.45, 2.75) is 72.3 Å². The maximum Gasteiger partial charge on any atom is 0.239 e. The van der Waals surface area contributed by atoms with Gasteiger partial charge in [0, 0.05) is 13.6 Å². The Morgan fingerprint density at radius 3 is 2.11 bits per heavy atom. The van der Waals surface area contributed by atoms with Gasteiger partial charge in [-0.1, -0.05) is 47.0 Å². The fourth-order valence-electron chi connectivity index (χ4n) is 2.29. The summed E-state index contributed by atoms with van der Waals surface area (Å²) in [5.41, 5.74) is -0.188. The minimum atomic E-state index is -0.435. The maximum absolute atomic E-state index is 12.0. The van der Waals surface area contributed by atoms with E-state index in [-0.39, 0.29) is 11.3 Å². The van der Waals surface area contributed by atoms with Gasteiger partial charge in [0.1, 0.15) is 0 Å². The average molecular weight is 256 g/mol. The lowest BCUT2D eigenvalue weighted by Gasteiger charge is -2.34. The molecule has 0 saturated carbocycles. The van der Waals surface area contributed by atoms with Crippen LogP contribution in [0.3, 0.4) is 0 Å². The number of amides is 1. The van der Waals surface area contributed by atoms with Crippen LogP contribution in [0.1, 0.15) is 66.7 Å². The molecule has 108 valence electrons. The van der Waals surface area contributed by atoms with Crippen molar-refractivity contribution < 1.29 is 4.79 Å². The third-order valence-corrected chi connectivity index (χ3v) is 3.64. The molecule has 0 aliphatic heterocycles. The first-order valence-corrected chi connectivity index (χ1v) is 7.28. The summed E-state index contributed by atoms with van der Waals surface area (Å²) in [4.78, 5) is 12.0. The lowest BCUT2D eigenvalue weighted by Crippen LogP contribution is -2.56. The number of hydrogen-bond acceptors (Lipinski definition) is 2. The van der Waals surface area contributed by atoms with E-state index >= 15 is 0 Å². The van der Waals surface area contributed by atoms with Crippen molar-refractivity contribution in [2.75, 3.05) is 13.6 Å².